The molecule has 0 bridgehead atoms. The molecule has 5 nitrogen and oxygen atoms in total. The molecule has 1 amide bonds. The largest absolute Gasteiger partial charge is 0.352 e. The lowest BCUT2D eigenvalue weighted by atomic mass is 10.1. The lowest BCUT2D eigenvalue weighted by Gasteiger charge is -2.29. The third kappa shape index (κ3) is 5.59. The molecule has 0 aliphatic rings. The van der Waals surface area contributed by atoms with Crippen LogP contribution < -0.4 is 9.62 Å². The molecule has 0 unspecified atom stereocenters. The fourth-order valence-electron chi connectivity index (χ4n) is 2.85. The molecule has 0 radical (unpaired) electrons. The summed E-state index contributed by atoms with van der Waals surface area (Å²) in [5.74, 6) is -0.306. The number of carbonyl (C=O) groups is 1. The van der Waals surface area contributed by atoms with E-state index in [1.807, 2.05) is 25.1 Å². The SMILES string of the molecule is C[C@H](CCc1ccccc1)NC(=O)[C@@H](C)N(c1ccccc1)S(C)(=O)=O. The average Bonchev–Trinajstić information content (AvgIpc) is 2.60. The normalized spacial score (nSPS) is 13.7. The minimum atomic E-state index is -3.58. The van der Waals surface area contributed by atoms with Gasteiger partial charge in [-0.25, -0.2) is 8.42 Å². The first-order valence-corrected chi connectivity index (χ1v) is 10.5. The lowest BCUT2D eigenvalue weighted by molar-refractivity contribution is -0.122. The predicted octanol–water partition coefficient (Wildman–Crippen LogP) is 2.98. The van der Waals surface area contributed by atoms with Gasteiger partial charge in [-0.2, -0.15) is 0 Å². The first kappa shape index (κ1) is 20.0. The Balaban J connectivity index is 2.02. The number of hydrogen-bond donors (Lipinski definition) is 1. The van der Waals surface area contributed by atoms with Crippen LogP contribution in [0.25, 0.3) is 0 Å². The molecule has 140 valence electrons. The number of rotatable bonds is 8. The summed E-state index contributed by atoms with van der Waals surface area (Å²) in [6.07, 6.45) is 2.75. The number of nitrogens with zero attached hydrogens (tertiary/aromatic N) is 1. The number of anilines is 1. The highest BCUT2D eigenvalue weighted by atomic mass is 32.2. The molecule has 2 atom stereocenters. The van der Waals surface area contributed by atoms with Crippen molar-refractivity contribution in [3.05, 3.63) is 66.2 Å². The van der Waals surface area contributed by atoms with Crippen LogP contribution in [0, 0.1) is 0 Å². The van der Waals surface area contributed by atoms with Crippen LogP contribution in [0.15, 0.2) is 60.7 Å². The molecule has 0 saturated heterocycles. The fraction of sp³-hybridized carbons (Fsp3) is 0.350. The van der Waals surface area contributed by atoms with Crippen LogP contribution in [-0.2, 0) is 21.2 Å². The topological polar surface area (TPSA) is 66.5 Å². The van der Waals surface area contributed by atoms with E-state index in [4.69, 9.17) is 0 Å². The van der Waals surface area contributed by atoms with Gasteiger partial charge < -0.3 is 5.32 Å². The van der Waals surface area contributed by atoms with Crippen molar-refractivity contribution in [2.75, 3.05) is 10.6 Å². The van der Waals surface area contributed by atoms with Crippen molar-refractivity contribution in [3.63, 3.8) is 0 Å². The third-order valence-electron chi connectivity index (χ3n) is 4.20. The van der Waals surface area contributed by atoms with E-state index in [0.29, 0.717) is 5.69 Å². The summed E-state index contributed by atoms with van der Waals surface area (Å²) in [5, 5.41) is 2.93. The van der Waals surface area contributed by atoms with Gasteiger partial charge in [0, 0.05) is 6.04 Å². The molecule has 2 rings (SSSR count). The molecule has 0 aromatic heterocycles. The maximum atomic E-state index is 12.6. The second kappa shape index (κ2) is 8.85. The zero-order chi connectivity index (χ0) is 19.2. The molecule has 0 saturated carbocycles. The van der Waals surface area contributed by atoms with Crippen LogP contribution in [0.3, 0.4) is 0 Å². The Morgan fingerprint density at radius 1 is 1.00 bits per heavy atom. The Kier molecular flexibility index (Phi) is 6.80. The van der Waals surface area contributed by atoms with Crippen molar-refractivity contribution in [2.24, 2.45) is 0 Å². The van der Waals surface area contributed by atoms with Gasteiger partial charge in [0.05, 0.1) is 11.9 Å². The van der Waals surface area contributed by atoms with Crippen molar-refractivity contribution >= 4 is 21.6 Å². The number of carbonyl (C=O) groups excluding carboxylic acids is 1. The first-order valence-electron chi connectivity index (χ1n) is 8.68. The predicted molar refractivity (Wildman–Crippen MR) is 106 cm³/mol. The Bertz CT molecular complexity index is 807. The maximum Gasteiger partial charge on any atom is 0.243 e. The van der Waals surface area contributed by atoms with Crippen molar-refractivity contribution in [2.45, 2.75) is 38.8 Å². The van der Waals surface area contributed by atoms with E-state index < -0.39 is 16.1 Å². The monoisotopic (exact) mass is 374 g/mol. The van der Waals surface area contributed by atoms with Crippen LogP contribution in [0.1, 0.15) is 25.8 Å². The van der Waals surface area contributed by atoms with E-state index in [2.05, 4.69) is 17.4 Å². The third-order valence-corrected chi connectivity index (χ3v) is 5.44. The highest BCUT2D eigenvalue weighted by Gasteiger charge is 2.29. The van der Waals surface area contributed by atoms with Gasteiger partial charge >= 0.3 is 0 Å². The molecule has 0 heterocycles. The van der Waals surface area contributed by atoms with Gasteiger partial charge in [0.2, 0.25) is 15.9 Å². The summed E-state index contributed by atoms with van der Waals surface area (Å²) in [6.45, 7) is 3.54. The molecule has 0 fully saturated rings. The number of hydrogen-bond acceptors (Lipinski definition) is 3. The van der Waals surface area contributed by atoms with Crippen molar-refractivity contribution in [1.29, 1.82) is 0 Å². The summed E-state index contributed by atoms with van der Waals surface area (Å²) in [4.78, 5) is 12.6. The van der Waals surface area contributed by atoms with E-state index in [0.717, 1.165) is 23.4 Å². The van der Waals surface area contributed by atoms with Crippen LogP contribution in [0.4, 0.5) is 5.69 Å². The minimum Gasteiger partial charge on any atom is -0.352 e. The van der Waals surface area contributed by atoms with Crippen LogP contribution in [0.2, 0.25) is 0 Å². The molecule has 2 aromatic rings. The Labute approximate surface area is 156 Å². The zero-order valence-corrected chi connectivity index (χ0v) is 16.2. The number of nitrogens with one attached hydrogen (secondary N) is 1. The van der Waals surface area contributed by atoms with Crippen molar-refractivity contribution in [1.82, 2.24) is 5.32 Å². The minimum absolute atomic E-state index is 0.0534. The highest BCUT2D eigenvalue weighted by Crippen LogP contribution is 2.20. The molecule has 0 aliphatic carbocycles. The van der Waals surface area contributed by atoms with E-state index in [1.54, 1.807) is 37.3 Å². The highest BCUT2D eigenvalue weighted by molar-refractivity contribution is 7.92. The van der Waals surface area contributed by atoms with Crippen molar-refractivity contribution in [3.8, 4) is 0 Å². The Hall–Kier alpha value is -2.34. The van der Waals surface area contributed by atoms with Gasteiger partial charge in [-0.1, -0.05) is 48.5 Å². The van der Waals surface area contributed by atoms with Gasteiger partial charge in [0.1, 0.15) is 6.04 Å². The summed E-state index contributed by atoms with van der Waals surface area (Å²) < 4.78 is 25.6. The van der Waals surface area contributed by atoms with Gasteiger partial charge in [-0.15, -0.1) is 0 Å². The van der Waals surface area contributed by atoms with Gasteiger partial charge in [0.25, 0.3) is 0 Å². The van der Waals surface area contributed by atoms with Gasteiger partial charge in [-0.05, 0) is 44.4 Å². The average molecular weight is 375 g/mol. The van der Waals surface area contributed by atoms with E-state index >= 15 is 0 Å². The van der Waals surface area contributed by atoms with Crippen molar-refractivity contribution < 1.29 is 13.2 Å². The second-order valence-corrected chi connectivity index (χ2v) is 8.36. The zero-order valence-electron chi connectivity index (χ0n) is 15.4. The molecular formula is C20H26N2O3S. The number of para-hydroxylation sites is 1. The Morgan fingerprint density at radius 2 is 1.54 bits per heavy atom. The first-order chi connectivity index (χ1) is 12.3. The molecule has 0 spiro atoms. The number of amides is 1. The van der Waals surface area contributed by atoms with Crippen LogP contribution in [0.5, 0.6) is 0 Å². The molecule has 6 heteroatoms. The quantitative estimate of drug-likeness (QED) is 0.772. The lowest BCUT2D eigenvalue weighted by Crippen LogP contribution is -2.49. The summed E-state index contributed by atoms with van der Waals surface area (Å²) in [7, 11) is -3.58. The smallest absolute Gasteiger partial charge is 0.243 e. The molecule has 0 aliphatic heterocycles. The number of aryl methyl sites for hydroxylation is 1. The molecule has 1 N–H and O–H groups in total. The molecule has 2 aromatic carbocycles. The molecule has 26 heavy (non-hydrogen) atoms. The second-order valence-electron chi connectivity index (χ2n) is 6.50. The Morgan fingerprint density at radius 3 is 2.08 bits per heavy atom. The van der Waals surface area contributed by atoms with E-state index in [-0.39, 0.29) is 11.9 Å². The summed E-state index contributed by atoms with van der Waals surface area (Å²) >= 11 is 0. The summed E-state index contributed by atoms with van der Waals surface area (Å²) in [5.41, 5.74) is 1.69. The standard InChI is InChI=1S/C20H26N2O3S/c1-16(14-15-18-10-6-4-7-11-18)21-20(23)17(2)22(26(3,24)25)19-12-8-5-9-13-19/h4-13,16-17H,14-15H2,1-3H3,(H,21,23)/t16-,17-/m1/s1. The van der Waals surface area contributed by atoms with Crippen LogP contribution >= 0.6 is 0 Å². The van der Waals surface area contributed by atoms with E-state index in [1.165, 1.54) is 5.56 Å². The maximum absolute atomic E-state index is 12.6. The van der Waals surface area contributed by atoms with E-state index in [9.17, 15) is 13.2 Å². The fourth-order valence-corrected chi connectivity index (χ4v) is 4.02. The van der Waals surface area contributed by atoms with Crippen LogP contribution in [-0.4, -0.2) is 32.7 Å². The summed E-state index contributed by atoms with van der Waals surface area (Å²) in [6, 6.07) is 17.9. The number of sulfonamides is 1. The van der Waals surface area contributed by atoms with Gasteiger partial charge in [0.15, 0.2) is 0 Å². The molecular weight excluding hydrogens is 348 g/mol. The van der Waals surface area contributed by atoms with Gasteiger partial charge in [-0.3, -0.25) is 9.10 Å². The number of benzene rings is 2.